The van der Waals surface area contributed by atoms with Crippen LogP contribution < -0.4 is 10.1 Å². The monoisotopic (exact) mass is 409 g/mol. The maximum Gasteiger partial charge on any atom is 0.344 e. The first-order valence-corrected chi connectivity index (χ1v) is 8.32. The third-order valence-corrected chi connectivity index (χ3v) is 3.81. The van der Waals surface area contributed by atoms with Crippen LogP contribution in [0.4, 0.5) is 4.39 Å². The molecule has 5 nitrogen and oxygen atoms in total. The van der Waals surface area contributed by atoms with E-state index in [4.69, 9.17) is 9.47 Å². The molecule has 0 saturated carbocycles. The van der Waals surface area contributed by atoms with E-state index in [-0.39, 0.29) is 12.6 Å². The molecule has 0 radical (unpaired) electrons. The Bertz CT molecular complexity index is 719. The third-order valence-electron chi connectivity index (χ3n) is 3.28. The van der Waals surface area contributed by atoms with Gasteiger partial charge in [-0.2, -0.15) is 0 Å². The average molecular weight is 410 g/mol. The second-order valence-corrected chi connectivity index (χ2v) is 6.16. The molecule has 0 bridgehead atoms. The third kappa shape index (κ3) is 6.54. The van der Waals surface area contributed by atoms with Gasteiger partial charge in [-0.05, 0) is 48.9 Å². The molecular weight excluding hydrogens is 393 g/mol. The summed E-state index contributed by atoms with van der Waals surface area (Å²) in [6, 6.07) is 12.6. The van der Waals surface area contributed by atoms with Crippen LogP contribution in [0.15, 0.2) is 53.0 Å². The molecule has 1 amide bonds. The van der Waals surface area contributed by atoms with Gasteiger partial charge < -0.3 is 14.8 Å². The lowest BCUT2D eigenvalue weighted by molar-refractivity contribution is -0.150. The number of nitrogens with one attached hydrogen (secondary N) is 1. The fourth-order valence-corrected chi connectivity index (χ4v) is 2.24. The Hall–Kier alpha value is -2.41. The Balaban J connectivity index is 1.70. The Labute approximate surface area is 153 Å². The highest BCUT2D eigenvalue weighted by Crippen LogP contribution is 2.16. The minimum absolute atomic E-state index is 0.213. The number of rotatable bonds is 7. The maximum absolute atomic E-state index is 12.7. The topological polar surface area (TPSA) is 64.6 Å². The summed E-state index contributed by atoms with van der Waals surface area (Å²) in [7, 11) is 0. The van der Waals surface area contributed by atoms with Crippen molar-refractivity contribution in [3.8, 4) is 5.75 Å². The first-order valence-electron chi connectivity index (χ1n) is 7.53. The number of hydrogen-bond acceptors (Lipinski definition) is 4. The minimum Gasteiger partial charge on any atom is -0.482 e. The highest BCUT2D eigenvalue weighted by molar-refractivity contribution is 9.10. The summed E-state index contributed by atoms with van der Waals surface area (Å²) < 4.78 is 23.7. The number of carbonyl (C=O) groups is 2. The lowest BCUT2D eigenvalue weighted by Gasteiger charge is -2.14. The van der Waals surface area contributed by atoms with Crippen molar-refractivity contribution in [1.29, 1.82) is 0 Å². The van der Waals surface area contributed by atoms with E-state index < -0.39 is 24.3 Å². The van der Waals surface area contributed by atoms with Crippen molar-refractivity contribution in [3.05, 3.63) is 64.4 Å². The number of ether oxygens (including phenoxy) is 2. The summed E-state index contributed by atoms with van der Waals surface area (Å²) in [5, 5.41) is 2.74. The second kappa shape index (κ2) is 9.17. The molecule has 0 unspecified atom stereocenters. The highest BCUT2D eigenvalue weighted by atomic mass is 79.9. The zero-order valence-electron chi connectivity index (χ0n) is 13.5. The Morgan fingerprint density at radius 2 is 1.72 bits per heavy atom. The number of hydrogen-bond donors (Lipinski definition) is 1. The van der Waals surface area contributed by atoms with Crippen molar-refractivity contribution in [1.82, 2.24) is 5.32 Å². The van der Waals surface area contributed by atoms with Crippen LogP contribution in [0, 0.1) is 5.82 Å². The van der Waals surface area contributed by atoms with E-state index in [0.29, 0.717) is 5.75 Å². The molecule has 0 spiro atoms. The van der Waals surface area contributed by atoms with Gasteiger partial charge in [0.15, 0.2) is 13.2 Å². The molecule has 0 aliphatic carbocycles. The van der Waals surface area contributed by atoms with Crippen LogP contribution in [-0.4, -0.2) is 25.1 Å². The fourth-order valence-electron chi connectivity index (χ4n) is 1.98. The van der Waals surface area contributed by atoms with Gasteiger partial charge in [-0.3, -0.25) is 4.79 Å². The van der Waals surface area contributed by atoms with Crippen molar-refractivity contribution < 1.29 is 23.5 Å². The average Bonchev–Trinajstić information content (AvgIpc) is 2.60. The summed E-state index contributed by atoms with van der Waals surface area (Å²) in [6.07, 6.45) is 0. The second-order valence-electron chi connectivity index (χ2n) is 5.24. The molecule has 132 valence electrons. The van der Waals surface area contributed by atoms with E-state index >= 15 is 0 Å². The lowest BCUT2D eigenvalue weighted by atomic mass is 10.1. The summed E-state index contributed by atoms with van der Waals surface area (Å²) in [4.78, 5) is 23.4. The van der Waals surface area contributed by atoms with E-state index in [1.165, 1.54) is 24.3 Å². The summed E-state index contributed by atoms with van der Waals surface area (Å²) >= 11 is 3.35. The molecule has 0 aromatic heterocycles. The summed E-state index contributed by atoms with van der Waals surface area (Å²) in [5.74, 6) is -1.15. The number of esters is 1. The van der Waals surface area contributed by atoms with E-state index in [9.17, 15) is 14.0 Å². The van der Waals surface area contributed by atoms with Gasteiger partial charge >= 0.3 is 5.97 Å². The SMILES string of the molecule is C[C@@H](NC(=O)COC(=O)COc1ccc(F)cc1)c1ccc(Br)cc1. The molecule has 0 fully saturated rings. The number of carbonyl (C=O) groups excluding carboxylic acids is 2. The Morgan fingerprint density at radius 1 is 1.08 bits per heavy atom. The fraction of sp³-hybridized carbons (Fsp3) is 0.222. The summed E-state index contributed by atoms with van der Waals surface area (Å²) in [5.41, 5.74) is 0.933. The van der Waals surface area contributed by atoms with Crippen LogP contribution in [0.3, 0.4) is 0 Å². The van der Waals surface area contributed by atoms with Gasteiger partial charge in [0.1, 0.15) is 11.6 Å². The smallest absolute Gasteiger partial charge is 0.344 e. The van der Waals surface area contributed by atoms with Crippen LogP contribution in [0.1, 0.15) is 18.5 Å². The first kappa shape index (κ1) is 18.9. The van der Waals surface area contributed by atoms with Crippen LogP contribution >= 0.6 is 15.9 Å². The normalized spacial score (nSPS) is 11.5. The lowest BCUT2D eigenvalue weighted by Crippen LogP contribution is -2.31. The molecule has 2 rings (SSSR count). The largest absolute Gasteiger partial charge is 0.482 e. The first-order chi connectivity index (χ1) is 11.9. The van der Waals surface area contributed by atoms with Gasteiger partial charge in [0.25, 0.3) is 5.91 Å². The highest BCUT2D eigenvalue weighted by Gasteiger charge is 2.12. The molecule has 2 aromatic carbocycles. The molecule has 0 aliphatic rings. The molecule has 7 heteroatoms. The molecular formula is C18H17BrFNO4. The van der Waals surface area contributed by atoms with Crippen molar-refractivity contribution in [2.75, 3.05) is 13.2 Å². The van der Waals surface area contributed by atoms with Crippen LogP contribution in [0.5, 0.6) is 5.75 Å². The quantitative estimate of drug-likeness (QED) is 0.711. The number of halogens is 2. The predicted octanol–water partition coefficient (Wildman–Crippen LogP) is 3.39. The van der Waals surface area contributed by atoms with Crippen molar-refractivity contribution in [3.63, 3.8) is 0 Å². The zero-order chi connectivity index (χ0) is 18.2. The van der Waals surface area contributed by atoms with Gasteiger partial charge in [-0.1, -0.05) is 28.1 Å². The predicted molar refractivity (Wildman–Crippen MR) is 93.6 cm³/mol. The van der Waals surface area contributed by atoms with Gasteiger partial charge in [0, 0.05) is 4.47 Å². The summed E-state index contributed by atoms with van der Waals surface area (Å²) in [6.45, 7) is 1.08. The molecule has 2 aromatic rings. The maximum atomic E-state index is 12.7. The molecule has 1 atom stereocenters. The van der Waals surface area contributed by atoms with E-state index in [1.54, 1.807) is 0 Å². The Kier molecular flexibility index (Phi) is 6.94. The van der Waals surface area contributed by atoms with Crippen LogP contribution in [0.25, 0.3) is 0 Å². The van der Waals surface area contributed by atoms with Crippen molar-refractivity contribution in [2.24, 2.45) is 0 Å². The van der Waals surface area contributed by atoms with Gasteiger partial charge in [0.2, 0.25) is 0 Å². The Morgan fingerprint density at radius 3 is 2.36 bits per heavy atom. The van der Waals surface area contributed by atoms with Crippen molar-refractivity contribution >= 4 is 27.8 Å². The van der Waals surface area contributed by atoms with E-state index in [2.05, 4.69) is 21.2 Å². The zero-order valence-corrected chi connectivity index (χ0v) is 15.1. The molecule has 1 N–H and O–H groups in total. The van der Waals surface area contributed by atoms with Gasteiger partial charge in [0.05, 0.1) is 6.04 Å². The van der Waals surface area contributed by atoms with Gasteiger partial charge in [-0.15, -0.1) is 0 Å². The molecule has 25 heavy (non-hydrogen) atoms. The standard InChI is InChI=1S/C18H17BrFNO4/c1-12(13-2-4-14(19)5-3-13)21-17(22)10-25-18(23)11-24-16-8-6-15(20)7-9-16/h2-9,12H,10-11H2,1H3,(H,21,22)/t12-/m1/s1. The number of benzene rings is 2. The van der Waals surface area contributed by atoms with Crippen LogP contribution in [-0.2, 0) is 14.3 Å². The molecule has 0 aliphatic heterocycles. The van der Waals surface area contributed by atoms with E-state index in [0.717, 1.165) is 10.0 Å². The molecule has 0 heterocycles. The van der Waals surface area contributed by atoms with E-state index in [1.807, 2.05) is 31.2 Å². The van der Waals surface area contributed by atoms with Crippen LogP contribution in [0.2, 0.25) is 0 Å². The molecule has 0 saturated heterocycles. The number of amides is 1. The van der Waals surface area contributed by atoms with Crippen molar-refractivity contribution in [2.45, 2.75) is 13.0 Å². The van der Waals surface area contributed by atoms with Gasteiger partial charge in [-0.25, -0.2) is 9.18 Å². The minimum atomic E-state index is -0.684.